The van der Waals surface area contributed by atoms with Gasteiger partial charge < -0.3 is 9.84 Å². The molecule has 0 unspecified atom stereocenters. The monoisotopic (exact) mass is 350 g/mol. The van der Waals surface area contributed by atoms with Crippen LogP contribution >= 0.6 is 11.6 Å². The Labute approximate surface area is 143 Å². The first-order chi connectivity index (χ1) is 11.4. The Balaban J connectivity index is 1.94. The van der Waals surface area contributed by atoms with E-state index in [1.54, 1.807) is 18.2 Å². The molecule has 126 valence electrons. The summed E-state index contributed by atoms with van der Waals surface area (Å²) in [6.07, 6.45) is 0. The van der Waals surface area contributed by atoms with Crippen LogP contribution in [0.2, 0.25) is 5.02 Å². The van der Waals surface area contributed by atoms with E-state index >= 15 is 0 Å². The Morgan fingerprint density at radius 2 is 2.08 bits per heavy atom. The lowest BCUT2D eigenvalue weighted by Crippen LogP contribution is -2.25. The van der Waals surface area contributed by atoms with E-state index in [0.29, 0.717) is 10.8 Å². The number of hydrazone groups is 1. The fraction of sp³-hybridized carbons (Fsp3) is 0.176. The lowest BCUT2D eigenvalue weighted by molar-refractivity contribution is -0.123. The number of amides is 1. The Morgan fingerprint density at radius 3 is 2.79 bits per heavy atom. The average Bonchev–Trinajstić information content (AvgIpc) is 2.56. The van der Waals surface area contributed by atoms with Crippen molar-refractivity contribution in [3.63, 3.8) is 0 Å². The predicted molar refractivity (Wildman–Crippen MR) is 90.1 cm³/mol. The van der Waals surface area contributed by atoms with E-state index < -0.39 is 11.7 Å². The Bertz CT molecular complexity index is 793. The predicted octanol–water partition coefficient (Wildman–Crippen LogP) is 3.41. The van der Waals surface area contributed by atoms with Crippen molar-refractivity contribution in [3.05, 3.63) is 58.4 Å². The van der Waals surface area contributed by atoms with Gasteiger partial charge in [0.25, 0.3) is 5.91 Å². The molecule has 1 amide bonds. The first-order valence-corrected chi connectivity index (χ1v) is 7.45. The molecule has 0 saturated heterocycles. The number of carbonyl (C=O) groups is 1. The highest BCUT2D eigenvalue weighted by atomic mass is 35.5. The zero-order valence-corrected chi connectivity index (χ0v) is 13.9. The molecule has 0 aliphatic rings. The fourth-order valence-electron chi connectivity index (χ4n) is 1.89. The summed E-state index contributed by atoms with van der Waals surface area (Å²) in [4.78, 5) is 11.8. The number of aromatic hydroxyl groups is 1. The van der Waals surface area contributed by atoms with Gasteiger partial charge in [-0.1, -0.05) is 11.6 Å². The molecule has 0 aliphatic carbocycles. The first-order valence-electron chi connectivity index (χ1n) is 7.08. The van der Waals surface area contributed by atoms with Crippen LogP contribution in [0, 0.1) is 12.7 Å². The van der Waals surface area contributed by atoms with E-state index in [9.17, 15) is 14.3 Å². The summed E-state index contributed by atoms with van der Waals surface area (Å²) >= 11 is 5.91. The molecule has 0 spiro atoms. The summed E-state index contributed by atoms with van der Waals surface area (Å²) in [6.45, 7) is 3.12. The summed E-state index contributed by atoms with van der Waals surface area (Å²) in [5.74, 6) is -0.613. The van der Waals surface area contributed by atoms with Crippen molar-refractivity contribution in [2.24, 2.45) is 5.10 Å². The van der Waals surface area contributed by atoms with Gasteiger partial charge in [-0.25, -0.2) is 9.82 Å². The van der Waals surface area contributed by atoms with Crippen LogP contribution in [0.3, 0.4) is 0 Å². The number of phenols is 1. The van der Waals surface area contributed by atoms with Gasteiger partial charge in [0.05, 0.1) is 5.71 Å². The van der Waals surface area contributed by atoms with Crippen molar-refractivity contribution in [2.75, 3.05) is 6.61 Å². The minimum Gasteiger partial charge on any atom is -0.507 e. The van der Waals surface area contributed by atoms with Gasteiger partial charge >= 0.3 is 0 Å². The standard InChI is InChI=1S/C17H16ClFN2O3/c1-10-7-13(4-5-15(10)18)24-9-17(23)21-20-11(2)14-8-12(19)3-6-16(14)22/h3-8,22H,9H2,1-2H3,(H,21,23)/b20-11+. The van der Waals surface area contributed by atoms with E-state index in [2.05, 4.69) is 10.5 Å². The molecule has 2 N–H and O–H groups in total. The molecule has 7 heteroatoms. The van der Waals surface area contributed by atoms with Crippen LogP contribution in [0.25, 0.3) is 0 Å². The smallest absolute Gasteiger partial charge is 0.277 e. The largest absolute Gasteiger partial charge is 0.507 e. The molecule has 2 aromatic rings. The molecule has 0 bridgehead atoms. The normalized spacial score (nSPS) is 11.2. The summed E-state index contributed by atoms with van der Waals surface area (Å²) in [6, 6.07) is 8.54. The highest BCUT2D eigenvalue weighted by Gasteiger charge is 2.08. The summed E-state index contributed by atoms with van der Waals surface area (Å²) < 4.78 is 18.5. The number of phenolic OH excluding ortho intramolecular Hbond substituents is 1. The number of aryl methyl sites for hydroxylation is 1. The minimum absolute atomic E-state index is 0.125. The van der Waals surface area contributed by atoms with Gasteiger partial charge in [-0.15, -0.1) is 0 Å². The van der Waals surface area contributed by atoms with Crippen LogP contribution < -0.4 is 10.2 Å². The van der Waals surface area contributed by atoms with Crippen molar-refractivity contribution >= 4 is 23.2 Å². The fourth-order valence-corrected chi connectivity index (χ4v) is 2.01. The Hall–Kier alpha value is -2.60. The molecular weight excluding hydrogens is 335 g/mol. The molecule has 5 nitrogen and oxygen atoms in total. The second-order valence-corrected chi connectivity index (χ2v) is 5.50. The molecule has 0 aliphatic heterocycles. The third-order valence-corrected chi connectivity index (χ3v) is 3.62. The van der Waals surface area contributed by atoms with Crippen LogP contribution in [-0.2, 0) is 4.79 Å². The summed E-state index contributed by atoms with van der Waals surface area (Å²) in [5.41, 5.74) is 3.59. The van der Waals surface area contributed by atoms with E-state index in [1.807, 2.05) is 6.92 Å². The maximum atomic E-state index is 13.2. The van der Waals surface area contributed by atoms with E-state index in [1.165, 1.54) is 13.0 Å². The van der Waals surface area contributed by atoms with Gasteiger partial charge in [0, 0.05) is 10.6 Å². The summed E-state index contributed by atoms with van der Waals surface area (Å²) in [5, 5.41) is 14.1. The number of hydrogen-bond donors (Lipinski definition) is 2. The van der Waals surface area contributed by atoms with Crippen molar-refractivity contribution in [2.45, 2.75) is 13.8 Å². The third-order valence-electron chi connectivity index (χ3n) is 3.20. The maximum absolute atomic E-state index is 13.2. The number of hydrogen-bond acceptors (Lipinski definition) is 4. The number of ether oxygens (including phenoxy) is 1. The number of nitrogens with one attached hydrogen (secondary N) is 1. The molecule has 0 fully saturated rings. The minimum atomic E-state index is -0.509. The Morgan fingerprint density at radius 1 is 1.33 bits per heavy atom. The second-order valence-electron chi connectivity index (χ2n) is 5.09. The van der Waals surface area contributed by atoms with Crippen LogP contribution in [0.5, 0.6) is 11.5 Å². The lowest BCUT2D eigenvalue weighted by atomic mass is 10.1. The molecule has 0 radical (unpaired) electrons. The molecular formula is C17H16ClFN2O3. The van der Waals surface area contributed by atoms with Gasteiger partial charge in [0.1, 0.15) is 17.3 Å². The number of carbonyl (C=O) groups excluding carboxylic acids is 1. The van der Waals surface area contributed by atoms with Crippen LogP contribution in [-0.4, -0.2) is 23.3 Å². The average molecular weight is 351 g/mol. The zero-order chi connectivity index (χ0) is 17.7. The molecule has 2 aromatic carbocycles. The van der Waals surface area contributed by atoms with Gasteiger partial charge in [-0.05, 0) is 55.8 Å². The molecule has 0 atom stereocenters. The van der Waals surface area contributed by atoms with Gasteiger partial charge in [0.2, 0.25) is 0 Å². The molecule has 0 heterocycles. The highest BCUT2D eigenvalue weighted by molar-refractivity contribution is 6.31. The number of benzene rings is 2. The van der Waals surface area contributed by atoms with Crippen molar-refractivity contribution in [3.8, 4) is 11.5 Å². The van der Waals surface area contributed by atoms with Crippen molar-refractivity contribution in [1.82, 2.24) is 5.43 Å². The van der Waals surface area contributed by atoms with Crippen LogP contribution in [0.15, 0.2) is 41.5 Å². The lowest BCUT2D eigenvalue weighted by Gasteiger charge is -2.08. The van der Waals surface area contributed by atoms with Gasteiger partial charge in [-0.3, -0.25) is 4.79 Å². The van der Waals surface area contributed by atoms with Crippen LogP contribution in [0.4, 0.5) is 4.39 Å². The Kier molecular flexibility index (Phi) is 5.76. The topological polar surface area (TPSA) is 70.9 Å². The number of rotatable bonds is 5. The summed E-state index contributed by atoms with van der Waals surface area (Å²) in [7, 11) is 0. The van der Waals surface area contributed by atoms with E-state index in [0.717, 1.165) is 17.7 Å². The van der Waals surface area contributed by atoms with Crippen molar-refractivity contribution < 1.29 is 19.0 Å². The van der Waals surface area contributed by atoms with Gasteiger partial charge in [-0.2, -0.15) is 5.10 Å². The molecule has 24 heavy (non-hydrogen) atoms. The van der Waals surface area contributed by atoms with Crippen LogP contribution in [0.1, 0.15) is 18.1 Å². The van der Waals surface area contributed by atoms with E-state index in [4.69, 9.17) is 16.3 Å². The van der Waals surface area contributed by atoms with Gasteiger partial charge in [0.15, 0.2) is 6.61 Å². The SMILES string of the molecule is C/C(=N\NC(=O)COc1ccc(Cl)c(C)c1)c1cc(F)ccc1O. The first kappa shape index (κ1) is 17.7. The molecule has 0 saturated carbocycles. The zero-order valence-electron chi connectivity index (χ0n) is 13.1. The maximum Gasteiger partial charge on any atom is 0.277 e. The third kappa shape index (κ3) is 4.70. The van der Waals surface area contributed by atoms with Crippen molar-refractivity contribution in [1.29, 1.82) is 0 Å². The van der Waals surface area contributed by atoms with E-state index in [-0.39, 0.29) is 23.6 Å². The number of halogens is 2. The quantitative estimate of drug-likeness (QED) is 0.641. The second kappa shape index (κ2) is 7.79. The molecule has 2 rings (SSSR count). The highest BCUT2D eigenvalue weighted by Crippen LogP contribution is 2.21. The number of nitrogens with zero attached hydrogens (tertiary/aromatic N) is 1. The molecule has 0 aromatic heterocycles.